The molecular formula is C12H11BrN4O3S. The molecule has 4 N–H and O–H groups in total. The van der Waals surface area contributed by atoms with Gasteiger partial charge in [-0.15, -0.1) is 11.3 Å². The minimum absolute atomic E-state index is 0.0388. The van der Waals surface area contributed by atoms with Gasteiger partial charge >= 0.3 is 5.69 Å². The molecule has 0 saturated carbocycles. The van der Waals surface area contributed by atoms with E-state index in [0.717, 1.165) is 9.35 Å². The van der Waals surface area contributed by atoms with Crippen molar-refractivity contribution in [2.75, 3.05) is 5.43 Å². The number of para-hydroxylation sites is 1. The number of hydrogen-bond acceptors (Lipinski definition) is 6. The Bertz CT molecular complexity index is 689. The molecule has 1 aromatic carbocycles. The van der Waals surface area contributed by atoms with Crippen LogP contribution in [-0.2, 0) is 6.54 Å². The number of nitrogens with one attached hydrogen (secondary N) is 2. The molecule has 1 heterocycles. The molecule has 0 bridgehead atoms. The Balaban J connectivity index is 2.23. The first-order valence-electron chi connectivity index (χ1n) is 5.78. The van der Waals surface area contributed by atoms with E-state index in [2.05, 4.69) is 26.7 Å². The minimum Gasteiger partial charge on any atom is -0.347 e. The van der Waals surface area contributed by atoms with Crippen LogP contribution in [0.2, 0.25) is 0 Å². The Morgan fingerprint density at radius 1 is 1.43 bits per heavy atom. The number of rotatable bonds is 5. The summed E-state index contributed by atoms with van der Waals surface area (Å²) < 4.78 is 0.889. The fraction of sp³-hybridized carbons (Fsp3) is 0.0833. The third-order valence-corrected chi connectivity index (χ3v) is 4.65. The third-order valence-electron chi connectivity index (χ3n) is 2.72. The van der Waals surface area contributed by atoms with Gasteiger partial charge in [0, 0.05) is 9.35 Å². The number of hydrogen-bond donors (Lipinski definition) is 3. The molecule has 0 atom stereocenters. The number of halogens is 1. The van der Waals surface area contributed by atoms with Gasteiger partial charge in [-0.05, 0) is 39.5 Å². The van der Waals surface area contributed by atoms with Gasteiger partial charge in [0.1, 0.15) is 11.3 Å². The van der Waals surface area contributed by atoms with Crippen LogP contribution in [-0.4, -0.2) is 10.8 Å². The number of nitro benzene ring substituents is 1. The van der Waals surface area contributed by atoms with Crippen molar-refractivity contribution in [2.45, 2.75) is 6.54 Å². The maximum absolute atomic E-state index is 12.1. The van der Waals surface area contributed by atoms with Crippen molar-refractivity contribution in [3.63, 3.8) is 0 Å². The number of hydrazine groups is 1. The van der Waals surface area contributed by atoms with Crippen LogP contribution in [0.15, 0.2) is 34.1 Å². The second-order valence-electron chi connectivity index (χ2n) is 3.98. The molecule has 0 saturated heterocycles. The van der Waals surface area contributed by atoms with E-state index in [9.17, 15) is 14.9 Å². The molecule has 9 heteroatoms. The minimum atomic E-state index is -0.634. The van der Waals surface area contributed by atoms with Crippen LogP contribution in [0.4, 0.5) is 11.4 Å². The first kappa shape index (κ1) is 15.4. The SMILES string of the molecule is NNc1cccc(C(=O)NCc2sccc2Br)c1[N+](=O)[O-]. The number of nitrogens with zero attached hydrogens (tertiary/aromatic N) is 1. The van der Waals surface area contributed by atoms with Crippen LogP contribution in [0.1, 0.15) is 15.2 Å². The number of benzene rings is 1. The van der Waals surface area contributed by atoms with Crippen molar-refractivity contribution in [3.05, 3.63) is 54.7 Å². The lowest BCUT2D eigenvalue weighted by molar-refractivity contribution is -0.384. The second kappa shape index (κ2) is 6.66. The highest BCUT2D eigenvalue weighted by molar-refractivity contribution is 9.10. The quantitative estimate of drug-likeness (QED) is 0.425. The van der Waals surface area contributed by atoms with Gasteiger partial charge in [0.2, 0.25) is 0 Å². The zero-order valence-electron chi connectivity index (χ0n) is 10.6. The van der Waals surface area contributed by atoms with Crippen molar-refractivity contribution in [2.24, 2.45) is 5.84 Å². The fourth-order valence-corrected chi connectivity index (χ4v) is 3.18. The topological polar surface area (TPSA) is 110 Å². The van der Waals surface area contributed by atoms with Crippen molar-refractivity contribution >= 4 is 44.5 Å². The lowest BCUT2D eigenvalue weighted by Crippen LogP contribution is -2.24. The maximum Gasteiger partial charge on any atom is 0.306 e. The first-order chi connectivity index (χ1) is 10.0. The molecule has 2 aromatic rings. The average molecular weight is 371 g/mol. The van der Waals surface area contributed by atoms with Gasteiger partial charge in [-0.1, -0.05) is 6.07 Å². The van der Waals surface area contributed by atoms with Crippen LogP contribution < -0.4 is 16.6 Å². The Labute approximate surface area is 132 Å². The van der Waals surface area contributed by atoms with Crippen molar-refractivity contribution < 1.29 is 9.72 Å². The summed E-state index contributed by atoms with van der Waals surface area (Å²) in [6.45, 7) is 0.286. The molecule has 0 unspecified atom stereocenters. The zero-order valence-corrected chi connectivity index (χ0v) is 13.0. The summed E-state index contributed by atoms with van der Waals surface area (Å²) in [6, 6.07) is 6.22. The molecule has 7 nitrogen and oxygen atoms in total. The predicted octanol–water partition coefficient (Wildman–Crippen LogP) is 2.63. The number of amides is 1. The van der Waals surface area contributed by atoms with E-state index in [4.69, 9.17) is 5.84 Å². The van der Waals surface area contributed by atoms with E-state index >= 15 is 0 Å². The molecule has 21 heavy (non-hydrogen) atoms. The van der Waals surface area contributed by atoms with Gasteiger partial charge < -0.3 is 10.7 Å². The number of nitrogens with two attached hydrogens (primary N) is 1. The fourth-order valence-electron chi connectivity index (χ4n) is 1.75. The number of nitro groups is 1. The van der Waals surface area contributed by atoms with Crippen molar-refractivity contribution in [3.8, 4) is 0 Å². The molecule has 0 aliphatic carbocycles. The molecule has 1 amide bonds. The van der Waals surface area contributed by atoms with E-state index < -0.39 is 10.8 Å². The highest BCUT2D eigenvalue weighted by Gasteiger charge is 2.24. The molecule has 0 aliphatic heterocycles. The predicted molar refractivity (Wildman–Crippen MR) is 84.1 cm³/mol. The summed E-state index contributed by atoms with van der Waals surface area (Å²) in [5, 5.41) is 15.7. The highest BCUT2D eigenvalue weighted by Crippen LogP contribution is 2.28. The van der Waals surface area contributed by atoms with E-state index in [1.165, 1.54) is 29.5 Å². The summed E-state index contributed by atoms with van der Waals surface area (Å²) in [4.78, 5) is 23.6. The van der Waals surface area contributed by atoms with Crippen LogP contribution >= 0.6 is 27.3 Å². The van der Waals surface area contributed by atoms with Crippen LogP contribution in [0.25, 0.3) is 0 Å². The normalized spacial score (nSPS) is 10.2. The molecule has 0 spiro atoms. The van der Waals surface area contributed by atoms with Gasteiger partial charge in [-0.3, -0.25) is 20.8 Å². The monoisotopic (exact) mass is 370 g/mol. The molecule has 110 valence electrons. The lowest BCUT2D eigenvalue weighted by Gasteiger charge is -2.08. The first-order valence-corrected chi connectivity index (χ1v) is 7.46. The largest absolute Gasteiger partial charge is 0.347 e. The van der Waals surface area contributed by atoms with Gasteiger partial charge in [0.05, 0.1) is 11.5 Å². The number of carbonyl (C=O) groups excluding carboxylic acids is 1. The summed E-state index contributed by atoms with van der Waals surface area (Å²) in [5.74, 6) is 4.71. The van der Waals surface area contributed by atoms with Gasteiger partial charge in [-0.2, -0.15) is 0 Å². The van der Waals surface area contributed by atoms with Crippen LogP contribution in [0.3, 0.4) is 0 Å². The van der Waals surface area contributed by atoms with Crippen molar-refractivity contribution in [1.82, 2.24) is 5.32 Å². The lowest BCUT2D eigenvalue weighted by atomic mass is 10.1. The summed E-state index contributed by atoms with van der Waals surface area (Å²) in [6.07, 6.45) is 0. The van der Waals surface area contributed by atoms with Gasteiger partial charge in [-0.25, -0.2) is 0 Å². The standard InChI is InChI=1S/C12H11BrN4O3S/c13-8-4-5-21-10(8)6-15-12(18)7-2-1-3-9(16-14)11(7)17(19)20/h1-5,16H,6,14H2,(H,15,18). The highest BCUT2D eigenvalue weighted by atomic mass is 79.9. The van der Waals surface area contributed by atoms with Gasteiger partial charge in [0.25, 0.3) is 5.91 Å². The maximum atomic E-state index is 12.1. The Hall–Kier alpha value is -1.97. The second-order valence-corrected chi connectivity index (χ2v) is 5.83. The van der Waals surface area contributed by atoms with E-state index in [-0.39, 0.29) is 23.5 Å². The Morgan fingerprint density at radius 2 is 2.19 bits per heavy atom. The molecule has 1 aromatic heterocycles. The number of anilines is 1. The van der Waals surface area contributed by atoms with E-state index in [1.807, 2.05) is 11.4 Å². The van der Waals surface area contributed by atoms with Crippen LogP contribution in [0.5, 0.6) is 0 Å². The summed E-state index contributed by atoms with van der Waals surface area (Å²) in [7, 11) is 0. The molecule has 0 radical (unpaired) electrons. The Kier molecular flexibility index (Phi) is 4.89. The molecule has 0 aliphatic rings. The third kappa shape index (κ3) is 3.38. The average Bonchev–Trinajstić information content (AvgIpc) is 2.89. The number of carbonyl (C=O) groups is 1. The van der Waals surface area contributed by atoms with Gasteiger partial charge in [0.15, 0.2) is 0 Å². The number of nitrogen functional groups attached to an aromatic ring is 1. The van der Waals surface area contributed by atoms with Crippen LogP contribution in [0, 0.1) is 10.1 Å². The summed E-state index contributed by atoms with van der Waals surface area (Å²) >= 11 is 4.83. The molecular weight excluding hydrogens is 360 g/mol. The summed E-state index contributed by atoms with van der Waals surface area (Å²) in [5.41, 5.74) is 1.93. The zero-order chi connectivity index (χ0) is 15.4. The Morgan fingerprint density at radius 3 is 2.76 bits per heavy atom. The van der Waals surface area contributed by atoms with E-state index in [1.54, 1.807) is 0 Å². The number of thiophene rings is 1. The molecule has 2 rings (SSSR count). The smallest absolute Gasteiger partial charge is 0.306 e. The van der Waals surface area contributed by atoms with E-state index in [0.29, 0.717) is 0 Å². The molecule has 0 fully saturated rings. The van der Waals surface area contributed by atoms with Crippen molar-refractivity contribution in [1.29, 1.82) is 0 Å².